The van der Waals surface area contributed by atoms with E-state index >= 15 is 0 Å². The number of likely N-dealkylation sites (tertiary alicyclic amines) is 1. The molecular weight excluding hydrogens is 627 g/mol. The van der Waals surface area contributed by atoms with Gasteiger partial charge >= 0.3 is 6.03 Å². The monoisotopic (exact) mass is 668 g/mol. The Morgan fingerprint density at radius 3 is 2.27 bits per heavy atom. The highest BCUT2D eigenvalue weighted by molar-refractivity contribution is 5.99. The Kier molecular flexibility index (Phi) is 11.9. The summed E-state index contributed by atoms with van der Waals surface area (Å²) in [6.45, 7) is 1.12. The number of aliphatic hydroxyl groups excluding tert-OH is 1. The van der Waals surface area contributed by atoms with Crippen LogP contribution in [0.25, 0.3) is 10.9 Å². The molecule has 2 unspecified atom stereocenters. The molecule has 5 rings (SSSR count). The average molecular weight is 669 g/mol. The number of carbonyl (C=O) groups excluding carboxylic acids is 4. The van der Waals surface area contributed by atoms with E-state index in [2.05, 4.69) is 15.6 Å². The Labute approximate surface area is 284 Å². The number of nitrogens with two attached hydrogens (primary N) is 1. The number of primary amides is 1. The summed E-state index contributed by atoms with van der Waals surface area (Å²) in [7, 11) is 0. The molecule has 1 aliphatic heterocycles. The average Bonchev–Trinajstić information content (AvgIpc) is 3.11. The number of pyridine rings is 1. The molecule has 1 aliphatic rings. The summed E-state index contributed by atoms with van der Waals surface area (Å²) in [6.07, 6.45) is 1.17. The van der Waals surface area contributed by atoms with Gasteiger partial charge in [-0.1, -0.05) is 66.7 Å². The van der Waals surface area contributed by atoms with Crippen LogP contribution in [-0.2, 0) is 22.6 Å². The van der Waals surface area contributed by atoms with Crippen molar-refractivity contribution in [3.05, 3.63) is 114 Å². The molecule has 3 atom stereocenters. The first-order valence-electron chi connectivity index (χ1n) is 16.4. The zero-order valence-corrected chi connectivity index (χ0v) is 27.1. The van der Waals surface area contributed by atoms with Crippen LogP contribution < -0.4 is 16.4 Å². The maximum Gasteiger partial charge on any atom is 0.320 e. The van der Waals surface area contributed by atoms with Gasteiger partial charge in [0.15, 0.2) is 0 Å². The second-order valence-corrected chi connectivity index (χ2v) is 12.3. The van der Waals surface area contributed by atoms with E-state index < -0.39 is 48.1 Å². The van der Waals surface area contributed by atoms with E-state index in [0.29, 0.717) is 24.2 Å². The third-order valence-electron chi connectivity index (χ3n) is 8.54. The number of nitrogens with zero attached hydrogens (tertiary/aromatic N) is 3. The Morgan fingerprint density at radius 2 is 1.55 bits per heavy atom. The lowest BCUT2D eigenvalue weighted by molar-refractivity contribution is -0.128. The van der Waals surface area contributed by atoms with Crippen molar-refractivity contribution in [2.24, 2.45) is 5.73 Å². The number of aliphatic hydroxyl groups is 1. The molecule has 0 spiro atoms. The van der Waals surface area contributed by atoms with Gasteiger partial charge < -0.3 is 31.3 Å². The van der Waals surface area contributed by atoms with Gasteiger partial charge in [-0.2, -0.15) is 0 Å². The molecule has 49 heavy (non-hydrogen) atoms. The number of fused-ring (bicyclic) bond motifs is 1. The summed E-state index contributed by atoms with van der Waals surface area (Å²) >= 11 is 0. The molecular formula is C37H41FN6O5. The van der Waals surface area contributed by atoms with Crippen LogP contribution in [0.2, 0.25) is 0 Å². The van der Waals surface area contributed by atoms with E-state index in [1.165, 1.54) is 23.1 Å². The van der Waals surface area contributed by atoms with Gasteiger partial charge in [0.25, 0.3) is 5.91 Å². The van der Waals surface area contributed by atoms with Crippen LogP contribution in [0.3, 0.4) is 0 Å². The van der Waals surface area contributed by atoms with E-state index in [1.54, 1.807) is 35.2 Å². The van der Waals surface area contributed by atoms with Crippen LogP contribution in [0.15, 0.2) is 91.0 Å². The fourth-order valence-electron chi connectivity index (χ4n) is 5.93. The van der Waals surface area contributed by atoms with E-state index in [0.717, 1.165) is 30.2 Å². The van der Waals surface area contributed by atoms with Gasteiger partial charge in [0.2, 0.25) is 11.8 Å². The molecule has 2 heterocycles. The van der Waals surface area contributed by atoms with Crippen LogP contribution in [0.5, 0.6) is 0 Å². The highest BCUT2D eigenvalue weighted by atomic mass is 19.1. The first-order valence-corrected chi connectivity index (χ1v) is 16.4. The molecule has 0 aliphatic carbocycles. The number of benzene rings is 3. The summed E-state index contributed by atoms with van der Waals surface area (Å²) in [5, 5.41) is 17.9. The van der Waals surface area contributed by atoms with E-state index in [-0.39, 0.29) is 31.2 Å². The summed E-state index contributed by atoms with van der Waals surface area (Å²) in [6, 6.07) is 22.9. The minimum absolute atomic E-state index is 0.0505. The first-order chi connectivity index (χ1) is 23.7. The minimum Gasteiger partial charge on any atom is -0.389 e. The van der Waals surface area contributed by atoms with Crippen LogP contribution in [0, 0.1) is 5.82 Å². The largest absolute Gasteiger partial charge is 0.389 e. The van der Waals surface area contributed by atoms with Gasteiger partial charge in [-0.05, 0) is 61.1 Å². The number of urea groups is 1. The summed E-state index contributed by atoms with van der Waals surface area (Å²) in [4.78, 5) is 60.4. The van der Waals surface area contributed by atoms with Crippen molar-refractivity contribution in [1.29, 1.82) is 0 Å². The Balaban J connectivity index is 1.37. The number of aromatic nitrogens is 1. The normalized spacial score (nSPS) is 14.8. The van der Waals surface area contributed by atoms with Crippen molar-refractivity contribution < 1.29 is 28.7 Å². The molecule has 12 heteroatoms. The zero-order chi connectivity index (χ0) is 34.8. The highest BCUT2D eigenvalue weighted by Gasteiger charge is 2.32. The van der Waals surface area contributed by atoms with Gasteiger partial charge in [0.05, 0.1) is 30.6 Å². The SMILES string of the molecule is NC(=O)CC(NC(=O)c1ccc2ccccc2n1)C(=O)N[C@@H](Cc1ccccc1)C(O)CN(Cc1ccc(F)cc1)C(=O)N1CCCCC1. The lowest BCUT2D eigenvalue weighted by atomic mass is 9.99. The first kappa shape index (κ1) is 35.0. The predicted molar refractivity (Wildman–Crippen MR) is 183 cm³/mol. The van der Waals surface area contributed by atoms with Crippen LogP contribution in [0.4, 0.5) is 9.18 Å². The second-order valence-electron chi connectivity index (χ2n) is 12.3. The van der Waals surface area contributed by atoms with Gasteiger partial charge in [0, 0.05) is 25.0 Å². The third-order valence-corrected chi connectivity index (χ3v) is 8.54. The standard InChI is InChI=1S/C37H41FN6O5/c38-28-16-13-26(14-17-28)23-44(37(49)43-19-7-2-8-20-43)24-33(45)31(21-25-9-3-1-4-10-25)41-36(48)32(22-34(39)46)42-35(47)30-18-15-27-11-5-6-12-29(27)40-30/h1,3-6,9-18,31-33,45H,2,7-8,19-24H2,(H2,39,46)(H,41,48)(H,42,47)/t31-,32?,33?/m0/s1. The van der Waals surface area contributed by atoms with Crippen LogP contribution in [0.1, 0.15) is 47.3 Å². The van der Waals surface area contributed by atoms with Crippen LogP contribution in [-0.4, -0.2) is 81.5 Å². The molecule has 1 saturated heterocycles. The van der Waals surface area contributed by atoms with Crippen LogP contribution >= 0.6 is 0 Å². The van der Waals surface area contributed by atoms with Crippen molar-refractivity contribution >= 4 is 34.7 Å². The molecule has 0 bridgehead atoms. The number of halogens is 1. The van der Waals surface area contributed by atoms with E-state index in [9.17, 15) is 28.7 Å². The molecule has 11 nitrogen and oxygen atoms in total. The molecule has 5 N–H and O–H groups in total. The van der Waals surface area contributed by atoms with Crippen molar-refractivity contribution in [3.8, 4) is 0 Å². The summed E-state index contributed by atoms with van der Waals surface area (Å²) in [5.74, 6) is -2.63. The lowest BCUT2D eigenvalue weighted by Crippen LogP contribution is -2.57. The number of nitrogens with one attached hydrogen (secondary N) is 2. The quantitative estimate of drug-likeness (QED) is 0.171. The van der Waals surface area contributed by atoms with Gasteiger partial charge in [-0.15, -0.1) is 0 Å². The third kappa shape index (κ3) is 9.83. The molecule has 1 aromatic heterocycles. The second kappa shape index (κ2) is 16.6. The molecule has 0 saturated carbocycles. The smallest absolute Gasteiger partial charge is 0.320 e. The summed E-state index contributed by atoms with van der Waals surface area (Å²) in [5.41, 5.74) is 7.59. The molecule has 256 valence electrons. The molecule has 4 aromatic rings. The molecule has 5 amide bonds. The van der Waals surface area contributed by atoms with Gasteiger partial charge in [0.1, 0.15) is 17.6 Å². The number of hydrogen-bond acceptors (Lipinski definition) is 6. The maximum absolute atomic E-state index is 13.8. The van der Waals surface area contributed by atoms with Crippen molar-refractivity contribution in [3.63, 3.8) is 0 Å². The predicted octanol–water partition coefficient (Wildman–Crippen LogP) is 3.54. The fourth-order valence-corrected chi connectivity index (χ4v) is 5.93. The zero-order valence-electron chi connectivity index (χ0n) is 27.1. The molecule has 0 radical (unpaired) electrons. The maximum atomic E-state index is 13.8. The number of carbonyl (C=O) groups is 4. The van der Waals surface area contributed by atoms with Crippen molar-refractivity contribution in [2.45, 2.75) is 56.8 Å². The lowest BCUT2D eigenvalue weighted by Gasteiger charge is -2.36. The van der Waals surface area contributed by atoms with Crippen molar-refractivity contribution in [2.75, 3.05) is 19.6 Å². The highest BCUT2D eigenvalue weighted by Crippen LogP contribution is 2.17. The fraction of sp³-hybridized carbons (Fsp3) is 0.324. The number of hydrogen-bond donors (Lipinski definition) is 4. The topological polar surface area (TPSA) is 158 Å². The van der Waals surface area contributed by atoms with Gasteiger partial charge in [-0.3, -0.25) is 14.4 Å². The molecule has 3 aromatic carbocycles. The minimum atomic E-state index is -1.37. The molecule has 1 fully saturated rings. The number of para-hydroxylation sites is 1. The Hall–Kier alpha value is -5.36. The van der Waals surface area contributed by atoms with Gasteiger partial charge in [-0.25, -0.2) is 14.2 Å². The number of piperidine rings is 1. The Morgan fingerprint density at radius 1 is 0.857 bits per heavy atom. The summed E-state index contributed by atoms with van der Waals surface area (Å²) < 4.78 is 13.7. The van der Waals surface area contributed by atoms with Crippen molar-refractivity contribution in [1.82, 2.24) is 25.4 Å². The number of rotatable bonds is 13. The van der Waals surface area contributed by atoms with E-state index in [1.807, 2.05) is 42.5 Å². The van der Waals surface area contributed by atoms with E-state index in [4.69, 9.17) is 5.73 Å². The number of amides is 5. The Bertz CT molecular complexity index is 1750.